The van der Waals surface area contributed by atoms with Crippen LogP contribution < -0.4 is 31.6 Å². The minimum atomic E-state index is -1.45. The van der Waals surface area contributed by atoms with Crippen LogP contribution in [0.1, 0.15) is 54.5 Å². The van der Waals surface area contributed by atoms with Crippen molar-refractivity contribution < 1.29 is 66.5 Å². The monoisotopic (exact) mass is 2030 g/mol. The lowest BCUT2D eigenvalue weighted by Crippen LogP contribution is -2.34. The van der Waals surface area contributed by atoms with Crippen LogP contribution in [0.25, 0.3) is 66.7 Å². The van der Waals surface area contributed by atoms with Gasteiger partial charge in [-0.05, 0) is 214 Å². The summed E-state index contributed by atoms with van der Waals surface area (Å²) < 4.78 is 73.8. The summed E-state index contributed by atoms with van der Waals surface area (Å²) >= 11 is 12.4. The number of phenols is 4. The molecule has 12 N–H and O–H groups in total. The predicted molar refractivity (Wildman–Crippen MR) is 498 cm³/mol. The first kappa shape index (κ1) is 113. The van der Waals surface area contributed by atoms with E-state index >= 15 is 0 Å². The van der Waals surface area contributed by atoms with Crippen LogP contribution in [0, 0.1) is 12.3 Å². The molecule has 668 valence electrons. The molecule has 0 unspecified atom stereocenters. The molecule has 0 spiro atoms. The molecular weight excluding hydrogens is 1930 g/mol. The molecule has 5 aromatic heterocycles. The van der Waals surface area contributed by atoms with Gasteiger partial charge in [0.1, 0.15) is 82.4 Å². The Hall–Kier alpha value is -11.4. The average molecular weight is 2040 g/mol. The van der Waals surface area contributed by atoms with Crippen LogP contribution in [0.3, 0.4) is 0 Å². The van der Waals surface area contributed by atoms with Gasteiger partial charge in [0.2, 0.25) is 0 Å². The van der Waals surface area contributed by atoms with Crippen molar-refractivity contribution in [3.8, 4) is 103 Å². The third-order valence-electron chi connectivity index (χ3n) is 14.1. The number of rotatable bonds is 21. The number of benzene rings is 6. The number of nitrogens with two attached hydrogens (primary N) is 2. The molecule has 0 aliphatic rings. The van der Waals surface area contributed by atoms with E-state index in [1.807, 2.05) is 68.2 Å². The first-order valence-corrected chi connectivity index (χ1v) is 43.2. The van der Waals surface area contributed by atoms with Crippen molar-refractivity contribution >= 4 is 112 Å². The fraction of sp³-hybridized carbons (Fsp3) is 0.275. The molecule has 6 aromatic carbocycles. The summed E-state index contributed by atoms with van der Waals surface area (Å²) in [4.78, 5) is 29.5. The van der Waals surface area contributed by atoms with E-state index < -0.39 is 31.6 Å². The number of aromatic amines is 2. The first-order valence-electron chi connectivity index (χ1n) is 35.9. The fourth-order valence-electron chi connectivity index (χ4n) is 8.39. The number of aromatic nitrogens is 15. The number of methoxy groups -OCH3 is 2. The van der Waals surface area contributed by atoms with Crippen LogP contribution >= 0.6 is 88.0 Å². The zero-order valence-corrected chi connectivity index (χ0v) is 77.7. The number of ether oxygens (including phenoxy) is 4. The van der Waals surface area contributed by atoms with Gasteiger partial charge < -0.3 is 61.5 Å². The Labute approximate surface area is 763 Å². The maximum absolute atomic E-state index is 13.1. The molecule has 2 amide bonds. The van der Waals surface area contributed by atoms with Crippen LogP contribution in [-0.4, -0.2) is 177 Å². The van der Waals surface area contributed by atoms with E-state index in [1.54, 1.807) is 184 Å². The number of H-pyrrole nitrogens is 2. The Balaban J connectivity index is 0.00000141. The van der Waals surface area contributed by atoms with Crippen molar-refractivity contribution in [2.24, 2.45) is 16.2 Å². The molecular formula is C80H101BBr4Cl2F4N22O10Si. The summed E-state index contributed by atoms with van der Waals surface area (Å²) in [5, 5.41) is 87.2. The quantitative estimate of drug-likeness (QED) is 0.00607. The lowest BCUT2D eigenvalue weighted by molar-refractivity contribution is 0.0520. The van der Waals surface area contributed by atoms with Crippen molar-refractivity contribution in [3.05, 3.63) is 240 Å². The molecule has 0 radical (unpaired) electrons. The number of terminal acetylenes is 1. The largest absolute Gasteiger partial charge is 0.508 e. The Kier molecular flexibility index (Phi) is 55.4. The molecule has 0 bridgehead atoms. The fourth-order valence-corrected chi connectivity index (χ4v) is 8.98. The lowest BCUT2D eigenvalue weighted by Gasteiger charge is -2.19. The molecule has 44 heteroatoms. The van der Waals surface area contributed by atoms with E-state index in [4.69, 9.17) is 47.5 Å². The summed E-state index contributed by atoms with van der Waals surface area (Å²) in [6, 6.07) is 41.6. The van der Waals surface area contributed by atoms with Gasteiger partial charge in [-0.25, -0.2) is 27.2 Å². The summed E-state index contributed by atoms with van der Waals surface area (Å²) in [5.41, 5.74) is 27.8. The Morgan fingerprint density at radius 3 is 1.05 bits per heavy atom. The van der Waals surface area contributed by atoms with Gasteiger partial charge >= 0.3 is 15.4 Å². The number of alkyl carbamates (subject to hydrolysis) is 2. The number of nitrogens with one attached hydrogen (secondary N) is 4. The number of amides is 2. The lowest BCUT2D eigenvalue weighted by atomic mass is 10.2. The molecule has 0 aliphatic heterocycles. The number of nitrogens with zero attached hydrogens (tertiary/aromatic N) is 16. The van der Waals surface area contributed by atoms with Crippen LogP contribution in [0.2, 0.25) is 19.6 Å². The number of carbonyl (C=O) groups is 2. The number of carbonyl (C=O) groups excluding carboxylic acids is 2. The minimum Gasteiger partial charge on any atom is -0.508 e. The molecule has 0 saturated heterocycles. The molecule has 0 saturated carbocycles. The van der Waals surface area contributed by atoms with Gasteiger partial charge in [0.05, 0.1) is 90.2 Å². The van der Waals surface area contributed by atoms with Crippen molar-refractivity contribution in [2.75, 3.05) is 45.7 Å². The van der Waals surface area contributed by atoms with Gasteiger partial charge in [-0.2, -0.15) is 75.8 Å². The summed E-state index contributed by atoms with van der Waals surface area (Å²) in [6.45, 7) is 17.5. The zero-order chi connectivity index (χ0) is 89.9. The summed E-state index contributed by atoms with van der Waals surface area (Å²) in [6.07, 6.45) is 13.8. The number of hydrogen-bond donors (Lipinski definition) is 10. The minimum absolute atomic E-state index is 0. The van der Waals surface area contributed by atoms with E-state index in [0.29, 0.717) is 70.0 Å². The molecule has 0 aliphatic carbocycles. The molecule has 5 heterocycles. The molecule has 11 rings (SSSR count). The summed E-state index contributed by atoms with van der Waals surface area (Å²) in [5.74, 6) is 4.99. The van der Waals surface area contributed by atoms with Crippen molar-refractivity contribution in [3.63, 3.8) is 0 Å². The number of alkyl halides is 1. The highest BCUT2D eigenvalue weighted by Gasteiger charge is 2.18. The highest BCUT2D eigenvalue weighted by Crippen LogP contribution is 2.25. The van der Waals surface area contributed by atoms with Crippen LogP contribution in [-0.2, 0) is 29.1 Å². The molecule has 11 aromatic rings. The second-order valence-corrected chi connectivity index (χ2v) is 38.7. The Morgan fingerprint density at radius 1 is 0.532 bits per heavy atom. The second kappa shape index (κ2) is 61.0. The van der Waals surface area contributed by atoms with Gasteiger partial charge in [0, 0.05) is 70.5 Å². The number of aromatic hydroxyl groups is 4. The Bertz CT molecular complexity index is 4920. The van der Waals surface area contributed by atoms with E-state index in [1.165, 1.54) is 14.4 Å². The van der Waals surface area contributed by atoms with Crippen LogP contribution in [0.15, 0.2) is 229 Å². The highest BCUT2D eigenvalue weighted by atomic mass is 79.9. The standard InChI is InChI=1S/C17H21FN4O3.2C12H13FN4O.C9H15BrFNO2.C9H9N3O.C9H8O.C8H7N3O.C3H9N3Si.CH4.BBr3.2ClH/c1-17(2,3)25-16(24)19-9-12(8-18)11-22-20-10-15(21-22)13-4-6-14(23)7-5-13;2*13-5-9(6-14)8-17-15-7-12(16-17)10-1-3-11(18)4-2-10;1-9(2,3)14-8(13)12-6-7(4-10)5-11;1-13-8-4-2-7(3-5-8)9-6-10-12-11-9;1-3-8-4-6-9(10-2)7-5-8;12-7-3-1-6(2-4-7)8-5-9-11-10-8;1-7(2,3)6-5-4;;2-1(3)4;;/h4-8,10,23H,9,11H2,1-3H3,(H,19,24);2*1-5,7,18H,6,8,14H2;5H,4,6H2,1-3H3,(H,12,13);2-6H,1H3,(H,10,11,12);1,4-7H,2H3;1-5,12H,(H,9,10,11);1-3H3;1H4;;2*1H/b;9-5+;9-5-;;;;;;;;;. The Morgan fingerprint density at radius 2 is 0.815 bits per heavy atom. The third-order valence-corrected chi connectivity index (χ3v) is 15.6. The van der Waals surface area contributed by atoms with Gasteiger partial charge in [0.25, 0.3) is 0 Å². The molecule has 0 atom stereocenters. The predicted octanol–water partition coefficient (Wildman–Crippen LogP) is 18.8. The normalized spacial score (nSPS) is 10.7. The molecule has 32 nitrogen and oxygen atoms in total. The number of azide groups is 1. The summed E-state index contributed by atoms with van der Waals surface area (Å²) in [7, 11) is 1.82. The second-order valence-electron chi connectivity index (χ2n) is 27.2. The van der Waals surface area contributed by atoms with Crippen LogP contribution in [0.4, 0.5) is 27.2 Å². The van der Waals surface area contributed by atoms with E-state index in [2.05, 4.69) is 151 Å². The number of halogens is 10. The van der Waals surface area contributed by atoms with Gasteiger partial charge in [-0.15, -0.1) is 83.3 Å². The zero-order valence-electron chi connectivity index (χ0n) is 68.8. The van der Waals surface area contributed by atoms with Crippen molar-refractivity contribution in [1.82, 2.24) is 86.4 Å². The van der Waals surface area contributed by atoms with Crippen LogP contribution in [0.5, 0.6) is 34.5 Å². The van der Waals surface area contributed by atoms with E-state index in [9.17, 15) is 42.5 Å². The number of phenolic OH excluding ortho intramolecular Hbond substituents is 4. The van der Waals surface area contributed by atoms with E-state index in [-0.39, 0.29) is 104 Å². The number of hydrogen-bond acceptors (Lipinski definition) is 23. The van der Waals surface area contributed by atoms with Gasteiger partial charge in [0.15, 0.2) is 0 Å². The molecule has 124 heavy (non-hydrogen) atoms. The van der Waals surface area contributed by atoms with Gasteiger partial charge in [-0.1, -0.05) is 48.9 Å². The SMILES string of the molecule is BrB(Br)Br.C.C#Cc1ccc(OC)cc1.CC(C)(C)OC(=O)NCC(=CF)CBr.CC(C)(C)OC(=O)NCC(=CF)Cn1ncc(-c2ccc(O)cc2)n1.COc1ccc(-c2cn[nH]n2)cc1.C[Si](C)(C)N=[N+]=[N-].Cl.Cl.NC/C(=C/F)Cn1ncc(-c2ccc(O)cc2)n1.NC/C(=C\F)Cn1ncc(-c2ccc(O)cc2)n1.Oc1ccc(-c2cn[nH]n2)cc1. The van der Waals surface area contributed by atoms with Crippen molar-refractivity contribution in [2.45, 2.75) is 99.4 Å². The highest BCUT2D eigenvalue weighted by molar-refractivity contribution is 9.69. The first-order chi connectivity index (χ1) is 57.5. The maximum atomic E-state index is 13.1. The third kappa shape index (κ3) is 48.5. The van der Waals surface area contributed by atoms with E-state index in [0.717, 1.165) is 56.3 Å². The topological polar surface area (TPSA) is 452 Å². The molecule has 0 fully saturated rings. The van der Waals surface area contributed by atoms with Gasteiger partial charge in [-0.3, -0.25) is 0 Å². The maximum Gasteiger partial charge on any atom is 0.407 e. The average Bonchev–Trinajstić information content (AvgIpc) is 1.72. The van der Waals surface area contributed by atoms with Crippen molar-refractivity contribution in [1.29, 1.82) is 0 Å². The smallest absolute Gasteiger partial charge is 0.407 e.